The second kappa shape index (κ2) is 3.59. The fourth-order valence-corrected chi connectivity index (χ4v) is 2.56. The van der Waals surface area contributed by atoms with E-state index in [1.165, 1.54) is 18.4 Å². The van der Waals surface area contributed by atoms with Crippen molar-refractivity contribution < 1.29 is 9.90 Å². The van der Waals surface area contributed by atoms with Gasteiger partial charge in [-0.2, -0.15) is 0 Å². The van der Waals surface area contributed by atoms with E-state index in [9.17, 15) is 4.79 Å². The van der Waals surface area contributed by atoms with Crippen molar-refractivity contribution in [3.8, 4) is 0 Å². The van der Waals surface area contributed by atoms with Crippen LogP contribution >= 0.6 is 0 Å². The molecule has 2 aliphatic rings. The van der Waals surface area contributed by atoms with E-state index >= 15 is 0 Å². The zero-order chi connectivity index (χ0) is 11.1. The fourth-order valence-electron chi connectivity index (χ4n) is 2.56. The van der Waals surface area contributed by atoms with Crippen LogP contribution in [0.1, 0.15) is 46.8 Å². The second-order valence-electron chi connectivity index (χ2n) is 4.71. The third-order valence-electron chi connectivity index (χ3n) is 3.52. The first kappa shape index (κ1) is 9.85. The Labute approximate surface area is 94.5 Å². The summed E-state index contributed by atoms with van der Waals surface area (Å²) in [6.07, 6.45) is 4.47. The average Bonchev–Trinajstić information content (AvgIpc) is 2.98. The smallest absolute Gasteiger partial charge is 0.335 e. The summed E-state index contributed by atoms with van der Waals surface area (Å²) in [5.41, 5.74) is 2.72. The first-order valence-electron chi connectivity index (χ1n) is 5.87. The van der Waals surface area contributed by atoms with Crippen molar-refractivity contribution in [3.63, 3.8) is 0 Å². The topological polar surface area (TPSA) is 49.3 Å². The third kappa shape index (κ3) is 1.61. The van der Waals surface area contributed by atoms with Crippen molar-refractivity contribution in [2.24, 2.45) is 0 Å². The predicted octanol–water partition coefficient (Wildman–Crippen LogP) is 2.12. The van der Waals surface area contributed by atoms with Crippen molar-refractivity contribution >= 4 is 5.97 Å². The van der Waals surface area contributed by atoms with Gasteiger partial charge in [0.05, 0.1) is 5.56 Å². The first-order valence-corrected chi connectivity index (χ1v) is 5.87. The Kier molecular flexibility index (Phi) is 2.21. The van der Waals surface area contributed by atoms with Gasteiger partial charge >= 0.3 is 5.97 Å². The lowest BCUT2D eigenvalue weighted by Crippen LogP contribution is -2.21. The number of hydrogen-bond donors (Lipinski definition) is 2. The van der Waals surface area contributed by atoms with E-state index in [4.69, 9.17) is 5.11 Å². The average molecular weight is 217 g/mol. The Morgan fingerprint density at radius 2 is 2.12 bits per heavy atom. The summed E-state index contributed by atoms with van der Waals surface area (Å²) in [5.74, 6) is -0.802. The molecule has 0 radical (unpaired) electrons. The summed E-state index contributed by atoms with van der Waals surface area (Å²) < 4.78 is 0. The van der Waals surface area contributed by atoms with Crippen LogP contribution in [-0.2, 0) is 6.42 Å². The summed E-state index contributed by atoms with van der Waals surface area (Å²) >= 11 is 0. The SMILES string of the molecule is O=C(O)c1cccc2c1CCC2NC1CC1. The first-order chi connectivity index (χ1) is 7.75. The maximum absolute atomic E-state index is 11.1. The van der Waals surface area contributed by atoms with E-state index in [0.717, 1.165) is 18.4 Å². The van der Waals surface area contributed by atoms with Crippen molar-refractivity contribution in [1.82, 2.24) is 5.32 Å². The minimum absolute atomic E-state index is 0.377. The molecule has 1 saturated carbocycles. The van der Waals surface area contributed by atoms with E-state index in [2.05, 4.69) is 11.4 Å². The molecule has 84 valence electrons. The molecule has 0 heterocycles. The minimum Gasteiger partial charge on any atom is -0.478 e. The van der Waals surface area contributed by atoms with E-state index in [1.54, 1.807) is 6.07 Å². The Morgan fingerprint density at radius 1 is 1.31 bits per heavy atom. The lowest BCUT2D eigenvalue weighted by molar-refractivity contribution is 0.0696. The van der Waals surface area contributed by atoms with Gasteiger partial charge in [-0.15, -0.1) is 0 Å². The molecule has 0 spiro atoms. The zero-order valence-electron chi connectivity index (χ0n) is 9.07. The maximum atomic E-state index is 11.1. The number of carbonyl (C=O) groups is 1. The number of benzene rings is 1. The van der Waals surface area contributed by atoms with Gasteiger partial charge in [-0.3, -0.25) is 0 Å². The van der Waals surface area contributed by atoms with Crippen molar-refractivity contribution in [3.05, 3.63) is 34.9 Å². The van der Waals surface area contributed by atoms with Crippen molar-refractivity contribution in [2.75, 3.05) is 0 Å². The molecular formula is C13H15NO2. The van der Waals surface area contributed by atoms with Gasteiger partial charge in [0.25, 0.3) is 0 Å². The number of carboxylic acids is 1. The minimum atomic E-state index is -0.802. The van der Waals surface area contributed by atoms with Crippen LogP contribution in [0.3, 0.4) is 0 Å². The molecule has 0 saturated heterocycles. The van der Waals surface area contributed by atoms with E-state index in [1.807, 2.05) is 6.07 Å². The second-order valence-corrected chi connectivity index (χ2v) is 4.71. The van der Waals surface area contributed by atoms with Gasteiger partial charge < -0.3 is 10.4 Å². The van der Waals surface area contributed by atoms with E-state index in [-0.39, 0.29) is 0 Å². The molecule has 1 atom stereocenters. The summed E-state index contributed by atoms with van der Waals surface area (Å²) in [6.45, 7) is 0. The highest BCUT2D eigenvalue weighted by Crippen LogP contribution is 2.35. The molecule has 1 aromatic rings. The third-order valence-corrected chi connectivity index (χ3v) is 3.52. The highest BCUT2D eigenvalue weighted by molar-refractivity contribution is 5.90. The molecule has 2 aliphatic carbocycles. The number of fused-ring (bicyclic) bond motifs is 1. The van der Waals surface area contributed by atoms with E-state index in [0.29, 0.717) is 17.6 Å². The van der Waals surface area contributed by atoms with Gasteiger partial charge in [0.2, 0.25) is 0 Å². The molecule has 0 aliphatic heterocycles. The molecule has 0 bridgehead atoms. The van der Waals surface area contributed by atoms with Crippen LogP contribution < -0.4 is 5.32 Å². The molecule has 1 fully saturated rings. The highest BCUT2D eigenvalue weighted by atomic mass is 16.4. The standard InChI is InChI=1S/C13H15NO2/c15-13(16)11-3-1-2-10-9(11)6-7-12(10)14-8-4-5-8/h1-3,8,12,14H,4-7H2,(H,15,16). The largest absolute Gasteiger partial charge is 0.478 e. The quantitative estimate of drug-likeness (QED) is 0.815. The molecule has 2 N–H and O–H groups in total. The molecule has 3 heteroatoms. The van der Waals surface area contributed by atoms with Gasteiger partial charge in [-0.1, -0.05) is 12.1 Å². The van der Waals surface area contributed by atoms with Crippen molar-refractivity contribution in [2.45, 2.75) is 37.8 Å². The maximum Gasteiger partial charge on any atom is 0.335 e. The Balaban J connectivity index is 1.93. The number of rotatable bonds is 3. The highest BCUT2D eigenvalue weighted by Gasteiger charge is 2.31. The van der Waals surface area contributed by atoms with Crippen LogP contribution in [0.25, 0.3) is 0 Å². The Hall–Kier alpha value is -1.35. The Morgan fingerprint density at radius 3 is 2.81 bits per heavy atom. The van der Waals surface area contributed by atoms with Crippen LogP contribution in [0, 0.1) is 0 Å². The molecular weight excluding hydrogens is 202 g/mol. The molecule has 0 amide bonds. The number of carboxylic acid groups (broad SMARTS) is 1. The van der Waals surface area contributed by atoms with Crippen LogP contribution in [-0.4, -0.2) is 17.1 Å². The molecule has 0 aromatic heterocycles. The monoisotopic (exact) mass is 217 g/mol. The summed E-state index contributed by atoms with van der Waals surface area (Å²) in [7, 11) is 0. The zero-order valence-corrected chi connectivity index (χ0v) is 9.07. The van der Waals surface area contributed by atoms with Crippen molar-refractivity contribution in [1.29, 1.82) is 0 Å². The van der Waals surface area contributed by atoms with Gasteiger partial charge in [0.15, 0.2) is 0 Å². The van der Waals surface area contributed by atoms with Gasteiger partial charge in [-0.05, 0) is 42.9 Å². The normalized spacial score (nSPS) is 23.1. The lowest BCUT2D eigenvalue weighted by Gasteiger charge is -2.13. The molecule has 3 rings (SSSR count). The molecule has 16 heavy (non-hydrogen) atoms. The van der Waals surface area contributed by atoms with Crippen LogP contribution in [0.2, 0.25) is 0 Å². The molecule has 1 aromatic carbocycles. The molecule has 1 unspecified atom stereocenters. The Bertz CT molecular complexity index is 438. The predicted molar refractivity (Wildman–Crippen MR) is 60.6 cm³/mol. The summed E-state index contributed by atoms with van der Waals surface area (Å²) in [6, 6.07) is 6.68. The van der Waals surface area contributed by atoms with Gasteiger partial charge in [-0.25, -0.2) is 4.79 Å². The number of hydrogen-bond acceptors (Lipinski definition) is 2. The van der Waals surface area contributed by atoms with Gasteiger partial charge in [0, 0.05) is 12.1 Å². The summed E-state index contributed by atoms with van der Waals surface area (Å²) in [5, 5.41) is 12.7. The van der Waals surface area contributed by atoms with E-state index < -0.39 is 5.97 Å². The summed E-state index contributed by atoms with van der Waals surface area (Å²) in [4.78, 5) is 11.1. The number of nitrogens with one attached hydrogen (secondary N) is 1. The lowest BCUT2D eigenvalue weighted by atomic mass is 10.0. The molecule has 3 nitrogen and oxygen atoms in total. The van der Waals surface area contributed by atoms with Crippen LogP contribution in [0.5, 0.6) is 0 Å². The van der Waals surface area contributed by atoms with Gasteiger partial charge in [0.1, 0.15) is 0 Å². The fraction of sp³-hybridized carbons (Fsp3) is 0.462. The van der Waals surface area contributed by atoms with Crippen LogP contribution in [0.15, 0.2) is 18.2 Å². The van der Waals surface area contributed by atoms with Crippen LogP contribution in [0.4, 0.5) is 0 Å². The number of aromatic carboxylic acids is 1.